The molecule has 0 saturated carbocycles. The molecule has 17 heavy (non-hydrogen) atoms. The van der Waals surface area contributed by atoms with Crippen molar-refractivity contribution in [2.45, 2.75) is 53.0 Å². The molecule has 0 fully saturated rings. The molecular weight excluding hydrogens is 206 g/mol. The maximum Gasteiger partial charge on any atom is 0.0319 e. The third-order valence-corrected chi connectivity index (χ3v) is 3.68. The van der Waals surface area contributed by atoms with Gasteiger partial charge in [0.05, 0.1) is 0 Å². The number of likely N-dealkylation sites (N-methyl/N-ethyl adjacent to an activating group) is 1. The fraction of sp³-hybridized carbons (Fsp3) is 0.625. The van der Waals surface area contributed by atoms with Crippen LogP contribution < -0.4 is 0 Å². The standard InChI is InChI=1S/C14H21N.C2H6/c1-10(2)13-6-5-12-7-8-15(4)11(3)14(12)9-13;1-2/h5-6,9-11H,7-8H2,1-4H3;1-2H3. The molecule has 0 N–H and O–H groups in total. The minimum absolute atomic E-state index is 0.576. The van der Waals surface area contributed by atoms with E-state index >= 15 is 0 Å². The van der Waals surface area contributed by atoms with E-state index < -0.39 is 0 Å². The highest BCUT2D eigenvalue weighted by atomic mass is 15.1. The summed E-state index contributed by atoms with van der Waals surface area (Å²) in [6.07, 6.45) is 1.20. The van der Waals surface area contributed by atoms with Crippen LogP contribution in [0.4, 0.5) is 0 Å². The Morgan fingerprint density at radius 2 is 1.88 bits per heavy atom. The molecule has 1 unspecified atom stereocenters. The zero-order valence-corrected chi connectivity index (χ0v) is 12.2. The SMILES string of the molecule is CC.CC(C)c1ccc2c(c1)C(C)N(C)CC2. The molecule has 0 amide bonds. The number of rotatable bonds is 1. The lowest BCUT2D eigenvalue weighted by atomic mass is 9.90. The molecular formula is C16H27N. The Bertz CT molecular complexity index is 355. The van der Waals surface area contributed by atoms with Crippen LogP contribution in [0, 0.1) is 0 Å². The van der Waals surface area contributed by atoms with Gasteiger partial charge in [0.1, 0.15) is 0 Å². The average Bonchev–Trinajstić information content (AvgIpc) is 2.36. The first kappa shape index (κ1) is 14.2. The van der Waals surface area contributed by atoms with E-state index in [0.29, 0.717) is 12.0 Å². The van der Waals surface area contributed by atoms with Gasteiger partial charge in [0.25, 0.3) is 0 Å². The average molecular weight is 233 g/mol. The largest absolute Gasteiger partial charge is 0.299 e. The van der Waals surface area contributed by atoms with Gasteiger partial charge in [-0.3, -0.25) is 4.90 Å². The molecule has 0 spiro atoms. The Hall–Kier alpha value is -0.820. The molecule has 1 heterocycles. The number of fused-ring (bicyclic) bond motifs is 1. The van der Waals surface area contributed by atoms with E-state index in [1.54, 1.807) is 5.56 Å². The van der Waals surface area contributed by atoms with Gasteiger partial charge < -0.3 is 0 Å². The molecule has 1 nitrogen and oxygen atoms in total. The van der Waals surface area contributed by atoms with E-state index in [4.69, 9.17) is 0 Å². The summed E-state index contributed by atoms with van der Waals surface area (Å²) in [6.45, 7) is 12.0. The number of hydrogen-bond acceptors (Lipinski definition) is 1. The fourth-order valence-electron chi connectivity index (χ4n) is 2.32. The summed E-state index contributed by atoms with van der Waals surface area (Å²) in [5.74, 6) is 0.634. The smallest absolute Gasteiger partial charge is 0.0319 e. The molecule has 1 aliphatic rings. The van der Waals surface area contributed by atoms with Crippen molar-refractivity contribution in [2.24, 2.45) is 0 Å². The molecule has 1 atom stereocenters. The van der Waals surface area contributed by atoms with Gasteiger partial charge in [0.2, 0.25) is 0 Å². The van der Waals surface area contributed by atoms with Crippen LogP contribution in [-0.2, 0) is 6.42 Å². The number of benzene rings is 1. The summed E-state index contributed by atoms with van der Waals surface area (Å²) in [5.41, 5.74) is 4.55. The molecule has 0 bridgehead atoms. The van der Waals surface area contributed by atoms with Crippen LogP contribution in [0.15, 0.2) is 18.2 Å². The van der Waals surface area contributed by atoms with Crippen LogP contribution in [-0.4, -0.2) is 18.5 Å². The van der Waals surface area contributed by atoms with E-state index in [9.17, 15) is 0 Å². The van der Waals surface area contributed by atoms with Gasteiger partial charge in [-0.1, -0.05) is 45.9 Å². The molecule has 0 radical (unpaired) electrons. The normalized spacial score (nSPS) is 19.6. The molecule has 96 valence electrons. The second kappa shape index (κ2) is 6.20. The summed E-state index contributed by atoms with van der Waals surface area (Å²) in [7, 11) is 2.22. The van der Waals surface area contributed by atoms with Gasteiger partial charge >= 0.3 is 0 Å². The molecule has 2 rings (SSSR count). The predicted octanol–water partition coefficient (Wildman–Crippen LogP) is 4.39. The van der Waals surface area contributed by atoms with Gasteiger partial charge in [-0.25, -0.2) is 0 Å². The van der Waals surface area contributed by atoms with E-state index in [1.165, 1.54) is 24.1 Å². The first-order valence-electron chi connectivity index (χ1n) is 6.92. The number of hydrogen-bond donors (Lipinski definition) is 0. The van der Waals surface area contributed by atoms with Crippen molar-refractivity contribution in [3.8, 4) is 0 Å². The Morgan fingerprint density at radius 3 is 2.47 bits per heavy atom. The highest BCUT2D eigenvalue weighted by molar-refractivity contribution is 5.37. The van der Waals surface area contributed by atoms with Crippen LogP contribution >= 0.6 is 0 Å². The van der Waals surface area contributed by atoms with Crippen LogP contribution in [0.25, 0.3) is 0 Å². The van der Waals surface area contributed by atoms with Gasteiger partial charge in [0, 0.05) is 12.6 Å². The van der Waals surface area contributed by atoms with E-state index in [1.807, 2.05) is 13.8 Å². The second-order valence-corrected chi connectivity index (χ2v) is 5.02. The molecule has 0 saturated heterocycles. The fourth-order valence-corrected chi connectivity index (χ4v) is 2.32. The zero-order valence-electron chi connectivity index (χ0n) is 12.2. The van der Waals surface area contributed by atoms with Crippen molar-refractivity contribution >= 4 is 0 Å². The minimum Gasteiger partial charge on any atom is -0.299 e. The van der Waals surface area contributed by atoms with Crippen molar-refractivity contribution in [2.75, 3.05) is 13.6 Å². The van der Waals surface area contributed by atoms with Crippen LogP contribution in [0.3, 0.4) is 0 Å². The monoisotopic (exact) mass is 233 g/mol. The highest BCUT2D eigenvalue weighted by Gasteiger charge is 2.20. The second-order valence-electron chi connectivity index (χ2n) is 5.02. The van der Waals surface area contributed by atoms with Crippen LogP contribution in [0.2, 0.25) is 0 Å². The Balaban J connectivity index is 0.000000686. The molecule has 1 aromatic carbocycles. The maximum absolute atomic E-state index is 2.44. The number of nitrogens with zero attached hydrogens (tertiary/aromatic N) is 1. The third-order valence-electron chi connectivity index (χ3n) is 3.68. The Kier molecular flexibility index (Phi) is 5.20. The molecule has 1 aliphatic heterocycles. The molecule has 1 heteroatoms. The lowest BCUT2D eigenvalue weighted by Crippen LogP contribution is -2.30. The molecule has 1 aromatic rings. The van der Waals surface area contributed by atoms with Gasteiger partial charge in [-0.2, -0.15) is 0 Å². The quantitative estimate of drug-likeness (QED) is 0.695. The molecule has 0 aliphatic carbocycles. The maximum atomic E-state index is 2.44. The minimum atomic E-state index is 0.576. The summed E-state index contributed by atoms with van der Waals surface area (Å²) in [5, 5.41) is 0. The summed E-state index contributed by atoms with van der Waals surface area (Å²) in [4.78, 5) is 2.44. The first-order valence-corrected chi connectivity index (χ1v) is 6.92. The lowest BCUT2D eigenvalue weighted by Gasteiger charge is -2.32. The van der Waals surface area contributed by atoms with Crippen LogP contribution in [0.5, 0.6) is 0 Å². The summed E-state index contributed by atoms with van der Waals surface area (Å²) < 4.78 is 0. The highest BCUT2D eigenvalue weighted by Crippen LogP contribution is 2.30. The lowest BCUT2D eigenvalue weighted by molar-refractivity contribution is 0.247. The van der Waals surface area contributed by atoms with Crippen molar-refractivity contribution in [3.05, 3.63) is 34.9 Å². The molecule has 0 aromatic heterocycles. The first-order chi connectivity index (χ1) is 8.09. The van der Waals surface area contributed by atoms with Gasteiger partial charge in [0.15, 0.2) is 0 Å². The van der Waals surface area contributed by atoms with Gasteiger partial charge in [-0.15, -0.1) is 0 Å². The Morgan fingerprint density at radius 1 is 1.24 bits per heavy atom. The third kappa shape index (κ3) is 3.10. The summed E-state index contributed by atoms with van der Waals surface area (Å²) in [6, 6.07) is 7.60. The van der Waals surface area contributed by atoms with Crippen molar-refractivity contribution < 1.29 is 0 Å². The Labute approximate surface area is 107 Å². The summed E-state index contributed by atoms with van der Waals surface area (Å²) >= 11 is 0. The van der Waals surface area contributed by atoms with Crippen molar-refractivity contribution in [3.63, 3.8) is 0 Å². The van der Waals surface area contributed by atoms with E-state index in [2.05, 4.69) is 50.9 Å². The topological polar surface area (TPSA) is 3.24 Å². The predicted molar refractivity (Wildman–Crippen MR) is 76.6 cm³/mol. The van der Waals surface area contributed by atoms with Crippen molar-refractivity contribution in [1.82, 2.24) is 4.90 Å². The zero-order chi connectivity index (χ0) is 13.0. The van der Waals surface area contributed by atoms with Crippen molar-refractivity contribution in [1.29, 1.82) is 0 Å². The van der Waals surface area contributed by atoms with Crippen LogP contribution in [0.1, 0.15) is 63.3 Å². The van der Waals surface area contributed by atoms with E-state index in [0.717, 1.165) is 0 Å². The van der Waals surface area contributed by atoms with E-state index in [-0.39, 0.29) is 0 Å². The van der Waals surface area contributed by atoms with Gasteiger partial charge in [-0.05, 0) is 43.0 Å².